The highest BCUT2D eigenvalue weighted by Crippen LogP contribution is 2.26. The molecule has 0 aliphatic carbocycles. The molecule has 142 valence electrons. The van der Waals surface area contributed by atoms with Crippen molar-refractivity contribution < 1.29 is 18.0 Å². The van der Waals surface area contributed by atoms with Gasteiger partial charge in [0.15, 0.2) is 5.78 Å². The predicted molar refractivity (Wildman–Crippen MR) is 103 cm³/mol. The van der Waals surface area contributed by atoms with Crippen LogP contribution in [-0.2, 0) is 14.8 Å². The molecule has 27 heavy (non-hydrogen) atoms. The van der Waals surface area contributed by atoms with E-state index in [1.54, 1.807) is 42.5 Å². The van der Waals surface area contributed by atoms with Gasteiger partial charge in [-0.2, -0.15) is 4.31 Å². The second-order valence-electron chi connectivity index (χ2n) is 6.57. The smallest absolute Gasteiger partial charge is 0.243 e. The van der Waals surface area contributed by atoms with Crippen molar-refractivity contribution in [1.82, 2.24) is 4.31 Å². The van der Waals surface area contributed by atoms with Gasteiger partial charge in [-0.3, -0.25) is 9.59 Å². The van der Waals surface area contributed by atoms with Crippen LogP contribution in [0.25, 0.3) is 0 Å². The summed E-state index contributed by atoms with van der Waals surface area (Å²) in [5.41, 5.74) is 0.973. The number of carbonyl (C=O) groups excluding carboxylic acids is 2. The van der Waals surface area contributed by atoms with Crippen molar-refractivity contribution in [1.29, 1.82) is 0 Å². The van der Waals surface area contributed by atoms with Crippen LogP contribution in [0, 0.1) is 0 Å². The first-order chi connectivity index (χ1) is 12.9. The summed E-state index contributed by atoms with van der Waals surface area (Å²) in [6.07, 6.45) is 1.96. The maximum atomic E-state index is 13.0. The van der Waals surface area contributed by atoms with Gasteiger partial charge in [0.2, 0.25) is 15.9 Å². The van der Waals surface area contributed by atoms with E-state index in [1.165, 1.54) is 23.4 Å². The molecule has 2 aromatic rings. The molecule has 2 aromatic carbocycles. The summed E-state index contributed by atoms with van der Waals surface area (Å²) in [6.45, 7) is 1.76. The number of piperidine rings is 1. The zero-order chi connectivity index (χ0) is 19.4. The van der Waals surface area contributed by atoms with E-state index in [4.69, 9.17) is 0 Å². The highest BCUT2D eigenvalue weighted by atomic mass is 32.2. The molecule has 1 atom stereocenters. The summed E-state index contributed by atoms with van der Waals surface area (Å²) in [6, 6.07) is 14.0. The Morgan fingerprint density at radius 2 is 1.78 bits per heavy atom. The summed E-state index contributed by atoms with van der Waals surface area (Å²) in [5, 5.41) is 2.76. The van der Waals surface area contributed by atoms with Gasteiger partial charge in [0.05, 0.1) is 4.90 Å². The van der Waals surface area contributed by atoms with Crippen molar-refractivity contribution in [3.05, 3.63) is 60.2 Å². The number of sulfonamides is 1. The van der Waals surface area contributed by atoms with Crippen LogP contribution in [0.4, 0.5) is 5.69 Å². The van der Waals surface area contributed by atoms with E-state index in [0.29, 0.717) is 24.2 Å². The quantitative estimate of drug-likeness (QED) is 0.801. The molecule has 0 saturated carbocycles. The summed E-state index contributed by atoms with van der Waals surface area (Å²) in [5.74, 6) is -0.480. The van der Waals surface area contributed by atoms with Gasteiger partial charge in [0.25, 0.3) is 0 Å². The Labute approximate surface area is 159 Å². The van der Waals surface area contributed by atoms with Crippen LogP contribution in [0.5, 0.6) is 0 Å². The third-order valence-electron chi connectivity index (χ3n) is 4.64. The molecule has 0 spiro atoms. The summed E-state index contributed by atoms with van der Waals surface area (Å²) < 4.78 is 27.3. The molecule has 6 nitrogen and oxygen atoms in total. The predicted octanol–water partition coefficient (Wildman–Crippen LogP) is 3.07. The monoisotopic (exact) mass is 386 g/mol. The molecule has 1 heterocycles. The van der Waals surface area contributed by atoms with Crippen molar-refractivity contribution in [2.75, 3.05) is 11.9 Å². The number of nitrogens with zero attached hydrogens (tertiary/aromatic N) is 1. The van der Waals surface area contributed by atoms with Crippen LogP contribution in [-0.4, -0.2) is 37.0 Å². The van der Waals surface area contributed by atoms with Crippen LogP contribution in [0.1, 0.15) is 36.5 Å². The Bertz CT molecular complexity index is 941. The standard InChI is InChI=1S/C20H22N2O4S/c1-15(23)16-8-7-9-17(14-16)21-20(24)19-12-5-6-13-22(19)27(25,26)18-10-3-2-4-11-18/h2-4,7-11,14,19H,5-6,12-13H2,1H3,(H,21,24)/t19-/m0/s1. The maximum Gasteiger partial charge on any atom is 0.243 e. The summed E-state index contributed by atoms with van der Waals surface area (Å²) in [7, 11) is -3.75. The molecular formula is C20H22N2O4S. The van der Waals surface area contributed by atoms with Gasteiger partial charge in [-0.05, 0) is 44.0 Å². The molecular weight excluding hydrogens is 364 g/mol. The van der Waals surface area contributed by atoms with Crippen LogP contribution in [0.15, 0.2) is 59.5 Å². The number of hydrogen-bond donors (Lipinski definition) is 1. The van der Waals surface area contributed by atoms with Crippen molar-refractivity contribution in [2.24, 2.45) is 0 Å². The second-order valence-corrected chi connectivity index (χ2v) is 8.46. The second kappa shape index (κ2) is 8.02. The van der Waals surface area contributed by atoms with E-state index in [9.17, 15) is 18.0 Å². The average molecular weight is 386 g/mol. The van der Waals surface area contributed by atoms with E-state index in [0.717, 1.165) is 12.8 Å². The SMILES string of the molecule is CC(=O)c1cccc(NC(=O)[C@@H]2CCCCN2S(=O)(=O)c2ccccc2)c1. The minimum Gasteiger partial charge on any atom is -0.325 e. The van der Waals surface area contributed by atoms with Gasteiger partial charge in [0.1, 0.15) is 6.04 Å². The molecule has 1 saturated heterocycles. The number of anilines is 1. The highest BCUT2D eigenvalue weighted by molar-refractivity contribution is 7.89. The fourth-order valence-electron chi connectivity index (χ4n) is 3.22. The van der Waals surface area contributed by atoms with Gasteiger partial charge in [-0.1, -0.05) is 36.8 Å². The minimum atomic E-state index is -3.75. The molecule has 1 aliphatic rings. The molecule has 0 unspecified atom stereocenters. The van der Waals surface area contributed by atoms with Crippen LogP contribution >= 0.6 is 0 Å². The number of nitrogens with one attached hydrogen (secondary N) is 1. The van der Waals surface area contributed by atoms with E-state index in [-0.39, 0.29) is 16.6 Å². The number of amides is 1. The summed E-state index contributed by atoms with van der Waals surface area (Å²) >= 11 is 0. The first-order valence-electron chi connectivity index (χ1n) is 8.88. The molecule has 3 rings (SSSR count). The molecule has 1 fully saturated rings. The van der Waals surface area contributed by atoms with E-state index in [1.807, 2.05) is 0 Å². The topological polar surface area (TPSA) is 83.6 Å². The number of hydrogen-bond acceptors (Lipinski definition) is 4. The fraction of sp³-hybridized carbons (Fsp3) is 0.300. The maximum absolute atomic E-state index is 13.0. The normalized spacial score (nSPS) is 18.0. The molecule has 7 heteroatoms. The number of Topliss-reactive ketones (excluding diaryl/α,β-unsaturated/α-hetero) is 1. The number of rotatable bonds is 5. The largest absolute Gasteiger partial charge is 0.325 e. The number of benzene rings is 2. The Kier molecular flexibility index (Phi) is 5.72. The molecule has 1 aliphatic heterocycles. The average Bonchev–Trinajstić information content (AvgIpc) is 2.69. The van der Waals surface area contributed by atoms with Crippen LogP contribution in [0.2, 0.25) is 0 Å². The molecule has 0 bridgehead atoms. The third kappa shape index (κ3) is 4.26. The van der Waals surface area contributed by atoms with Crippen molar-refractivity contribution in [3.63, 3.8) is 0 Å². The molecule has 1 amide bonds. The lowest BCUT2D eigenvalue weighted by molar-refractivity contribution is -0.120. The third-order valence-corrected chi connectivity index (χ3v) is 6.57. The molecule has 0 aromatic heterocycles. The van der Waals surface area contributed by atoms with E-state index >= 15 is 0 Å². The van der Waals surface area contributed by atoms with Gasteiger partial charge in [-0.25, -0.2) is 8.42 Å². The first kappa shape index (κ1) is 19.3. The lowest BCUT2D eigenvalue weighted by Gasteiger charge is -2.33. The van der Waals surface area contributed by atoms with Gasteiger partial charge in [-0.15, -0.1) is 0 Å². The molecule has 1 N–H and O–H groups in total. The van der Waals surface area contributed by atoms with Gasteiger partial charge in [0, 0.05) is 17.8 Å². The lowest BCUT2D eigenvalue weighted by atomic mass is 10.0. The van der Waals surface area contributed by atoms with Crippen LogP contribution in [0.3, 0.4) is 0 Å². The highest BCUT2D eigenvalue weighted by Gasteiger charge is 2.37. The van der Waals surface area contributed by atoms with Crippen molar-refractivity contribution >= 4 is 27.4 Å². The van der Waals surface area contributed by atoms with E-state index in [2.05, 4.69) is 5.32 Å². The van der Waals surface area contributed by atoms with Gasteiger partial charge >= 0.3 is 0 Å². The lowest BCUT2D eigenvalue weighted by Crippen LogP contribution is -2.49. The zero-order valence-corrected chi connectivity index (χ0v) is 15.9. The minimum absolute atomic E-state index is 0.1000. The van der Waals surface area contributed by atoms with Gasteiger partial charge < -0.3 is 5.32 Å². The van der Waals surface area contributed by atoms with Crippen LogP contribution < -0.4 is 5.32 Å². The Morgan fingerprint density at radius 3 is 2.48 bits per heavy atom. The van der Waals surface area contributed by atoms with E-state index < -0.39 is 16.1 Å². The molecule has 0 radical (unpaired) electrons. The zero-order valence-electron chi connectivity index (χ0n) is 15.1. The number of ketones is 1. The Morgan fingerprint density at radius 1 is 1.04 bits per heavy atom. The summed E-state index contributed by atoms with van der Waals surface area (Å²) in [4.78, 5) is 24.5. The van der Waals surface area contributed by atoms with Crippen molar-refractivity contribution in [3.8, 4) is 0 Å². The first-order valence-corrected chi connectivity index (χ1v) is 10.3. The fourth-order valence-corrected chi connectivity index (χ4v) is 4.90. The van der Waals surface area contributed by atoms with Crippen molar-refractivity contribution in [2.45, 2.75) is 37.1 Å². The Hall–Kier alpha value is -2.51. The number of carbonyl (C=O) groups is 2. The Balaban J connectivity index is 1.84.